The fraction of sp³-hybridized carbons (Fsp3) is 0.158. The molecule has 2 N–H and O–H groups in total. The summed E-state index contributed by atoms with van der Waals surface area (Å²) in [5.74, 6) is -1.02. The van der Waals surface area contributed by atoms with E-state index in [4.69, 9.17) is 18.6 Å². The van der Waals surface area contributed by atoms with Crippen molar-refractivity contribution < 1.29 is 33.6 Å². The van der Waals surface area contributed by atoms with Gasteiger partial charge in [-0.15, -0.1) is 0 Å². The lowest BCUT2D eigenvalue weighted by Crippen LogP contribution is -2.08. The van der Waals surface area contributed by atoms with Gasteiger partial charge in [-0.2, -0.15) is 0 Å². The highest BCUT2D eigenvalue weighted by atomic mass is 16.6. The number of phenolic OH excluding ortho intramolecular Hbond substituents is 2. The summed E-state index contributed by atoms with van der Waals surface area (Å²) in [7, 11) is 2.70. The molecule has 0 aliphatic rings. The highest BCUT2D eigenvalue weighted by Gasteiger charge is 2.22. The summed E-state index contributed by atoms with van der Waals surface area (Å²) in [6, 6.07) is 5.47. The third-order valence-electron chi connectivity index (χ3n) is 3.90. The van der Waals surface area contributed by atoms with Crippen molar-refractivity contribution in [3.63, 3.8) is 0 Å². The zero-order chi connectivity index (χ0) is 19.7. The lowest BCUT2D eigenvalue weighted by Gasteiger charge is -2.12. The van der Waals surface area contributed by atoms with Crippen LogP contribution >= 0.6 is 0 Å². The molecule has 8 heteroatoms. The molecule has 3 rings (SSSR count). The maximum Gasteiger partial charge on any atom is 0.308 e. The summed E-state index contributed by atoms with van der Waals surface area (Å²) >= 11 is 0. The summed E-state index contributed by atoms with van der Waals surface area (Å²) in [6.45, 7) is 1.19. The number of hydrogen-bond acceptors (Lipinski definition) is 8. The summed E-state index contributed by atoms with van der Waals surface area (Å²) in [5, 5.41) is 19.9. The fourth-order valence-corrected chi connectivity index (χ4v) is 2.71. The zero-order valence-electron chi connectivity index (χ0n) is 14.7. The Balaban J connectivity index is 2.28. The molecule has 8 nitrogen and oxygen atoms in total. The van der Waals surface area contributed by atoms with Gasteiger partial charge in [0.1, 0.15) is 17.4 Å². The number of rotatable bonds is 4. The monoisotopic (exact) mass is 372 g/mol. The van der Waals surface area contributed by atoms with Crippen LogP contribution in [0.5, 0.6) is 28.7 Å². The van der Waals surface area contributed by atoms with Gasteiger partial charge in [-0.3, -0.25) is 9.59 Å². The van der Waals surface area contributed by atoms with Crippen LogP contribution in [-0.4, -0.2) is 30.4 Å². The highest BCUT2D eigenvalue weighted by molar-refractivity contribution is 5.93. The Bertz CT molecular complexity index is 1100. The van der Waals surface area contributed by atoms with E-state index in [1.807, 2.05) is 0 Å². The molecule has 0 aliphatic heterocycles. The average molecular weight is 372 g/mol. The van der Waals surface area contributed by atoms with E-state index >= 15 is 0 Å². The number of carbonyl (C=O) groups excluding carboxylic acids is 1. The minimum Gasteiger partial charge on any atom is -0.507 e. The summed E-state index contributed by atoms with van der Waals surface area (Å²) in [4.78, 5) is 24.2. The molecule has 0 aliphatic carbocycles. The summed E-state index contributed by atoms with van der Waals surface area (Å²) in [5.41, 5.74) is -0.0384. The van der Waals surface area contributed by atoms with E-state index in [-0.39, 0.29) is 39.5 Å². The Morgan fingerprint density at radius 1 is 1.04 bits per heavy atom. The Labute approximate surface area is 153 Å². The van der Waals surface area contributed by atoms with Crippen molar-refractivity contribution >= 4 is 16.9 Å². The van der Waals surface area contributed by atoms with Crippen LogP contribution in [0.1, 0.15) is 6.92 Å². The molecule has 1 heterocycles. The molecule has 0 saturated heterocycles. The maximum absolute atomic E-state index is 12.9. The van der Waals surface area contributed by atoms with Crippen LogP contribution in [0.15, 0.2) is 39.7 Å². The van der Waals surface area contributed by atoms with Gasteiger partial charge in [0.2, 0.25) is 11.2 Å². The third-order valence-corrected chi connectivity index (χ3v) is 3.90. The van der Waals surface area contributed by atoms with Crippen molar-refractivity contribution in [2.24, 2.45) is 0 Å². The molecule has 0 amide bonds. The molecular weight excluding hydrogens is 356 g/mol. The van der Waals surface area contributed by atoms with Crippen LogP contribution in [0.25, 0.3) is 22.1 Å². The Morgan fingerprint density at radius 3 is 2.41 bits per heavy atom. The Hall–Kier alpha value is -3.68. The number of benzene rings is 2. The van der Waals surface area contributed by atoms with E-state index in [0.29, 0.717) is 5.56 Å². The number of aromatic hydroxyl groups is 2. The van der Waals surface area contributed by atoms with Gasteiger partial charge in [0.05, 0.1) is 19.8 Å². The van der Waals surface area contributed by atoms with Crippen molar-refractivity contribution in [3.05, 3.63) is 40.8 Å². The first kappa shape index (κ1) is 18.1. The molecule has 0 bridgehead atoms. The first-order chi connectivity index (χ1) is 12.9. The van der Waals surface area contributed by atoms with E-state index < -0.39 is 17.1 Å². The standard InChI is InChI=1S/C19H16O8/c1-9(20)27-15-7-13(22)16-17(23)11(8-26-19(16)18(15)25-3)10-4-5-12(21)14(6-10)24-2/h4-8,21-22H,1-3H3. The van der Waals surface area contributed by atoms with Crippen LogP contribution in [0, 0.1) is 0 Å². The molecule has 140 valence electrons. The average Bonchev–Trinajstić information content (AvgIpc) is 2.62. The normalized spacial score (nSPS) is 10.6. The first-order valence-corrected chi connectivity index (χ1v) is 7.78. The summed E-state index contributed by atoms with van der Waals surface area (Å²) in [6.07, 6.45) is 1.19. The molecule has 27 heavy (non-hydrogen) atoms. The SMILES string of the molecule is COc1cc(-c2coc3c(OC)c(OC(C)=O)cc(O)c3c2=O)ccc1O. The van der Waals surface area contributed by atoms with Crippen molar-refractivity contribution in [1.82, 2.24) is 0 Å². The predicted molar refractivity (Wildman–Crippen MR) is 95.7 cm³/mol. The molecule has 0 spiro atoms. The number of carbonyl (C=O) groups is 1. The number of phenols is 2. The minimum atomic E-state index is -0.623. The van der Waals surface area contributed by atoms with Gasteiger partial charge in [-0.25, -0.2) is 0 Å². The quantitative estimate of drug-likeness (QED) is 0.531. The Morgan fingerprint density at radius 2 is 1.78 bits per heavy atom. The van der Waals surface area contributed by atoms with Crippen molar-refractivity contribution in [2.45, 2.75) is 6.92 Å². The van der Waals surface area contributed by atoms with Gasteiger partial charge in [0, 0.05) is 13.0 Å². The number of hydrogen-bond donors (Lipinski definition) is 2. The Kier molecular flexibility index (Phi) is 4.64. The lowest BCUT2D eigenvalue weighted by atomic mass is 10.0. The number of methoxy groups -OCH3 is 2. The molecule has 2 aromatic carbocycles. The second-order valence-electron chi connectivity index (χ2n) is 5.59. The largest absolute Gasteiger partial charge is 0.507 e. The van der Waals surface area contributed by atoms with Crippen molar-refractivity contribution in [1.29, 1.82) is 0 Å². The van der Waals surface area contributed by atoms with Crippen LogP contribution in [0.3, 0.4) is 0 Å². The van der Waals surface area contributed by atoms with E-state index in [1.54, 1.807) is 0 Å². The van der Waals surface area contributed by atoms with Gasteiger partial charge in [-0.1, -0.05) is 6.07 Å². The zero-order valence-corrected chi connectivity index (χ0v) is 14.7. The van der Waals surface area contributed by atoms with Crippen molar-refractivity contribution in [3.8, 4) is 39.9 Å². The predicted octanol–water partition coefficient (Wildman–Crippen LogP) is 2.81. The van der Waals surface area contributed by atoms with Gasteiger partial charge in [0.15, 0.2) is 22.8 Å². The van der Waals surface area contributed by atoms with Crippen LogP contribution in [0.2, 0.25) is 0 Å². The first-order valence-electron chi connectivity index (χ1n) is 7.78. The van der Waals surface area contributed by atoms with E-state index in [2.05, 4.69) is 0 Å². The van der Waals surface area contributed by atoms with E-state index in [9.17, 15) is 19.8 Å². The van der Waals surface area contributed by atoms with Crippen molar-refractivity contribution in [2.75, 3.05) is 14.2 Å². The van der Waals surface area contributed by atoms with E-state index in [0.717, 1.165) is 6.07 Å². The summed E-state index contributed by atoms with van der Waals surface area (Å²) < 4.78 is 20.8. The van der Waals surface area contributed by atoms with Crippen LogP contribution in [-0.2, 0) is 4.79 Å². The van der Waals surface area contributed by atoms with Gasteiger partial charge in [0.25, 0.3) is 0 Å². The highest BCUT2D eigenvalue weighted by Crippen LogP contribution is 2.41. The third kappa shape index (κ3) is 3.12. The van der Waals surface area contributed by atoms with Crippen LogP contribution in [0.4, 0.5) is 0 Å². The molecule has 0 fully saturated rings. The topological polar surface area (TPSA) is 115 Å². The second-order valence-corrected chi connectivity index (χ2v) is 5.59. The molecule has 0 atom stereocenters. The smallest absolute Gasteiger partial charge is 0.308 e. The second kappa shape index (κ2) is 6.91. The molecule has 0 unspecified atom stereocenters. The fourth-order valence-electron chi connectivity index (χ4n) is 2.71. The van der Waals surface area contributed by atoms with Gasteiger partial charge >= 0.3 is 5.97 Å². The van der Waals surface area contributed by atoms with E-state index in [1.165, 1.54) is 45.6 Å². The number of ether oxygens (including phenoxy) is 3. The lowest BCUT2D eigenvalue weighted by molar-refractivity contribution is -0.132. The number of fused-ring (bicyclic) bond motifs is 1. The van der Waals surface area contributed by atoms with Crippen LogP contribution < -0.4 is 19.6 Å². The molecule has 3 aromatic rings. The molecule has 0 saturated carbocycles. The number of esters is 1. The molecule has 0 radical (unpaired) electrons. The van der Waals surface area contributed by atoms with Gasteiger partial charge in [-0.05, 0) is 17.7 Å². The van der Waals surface area contributed by atoms with Gasteiger partial charge < -0.3 is 28.8 Å². The maximum atomic E-state index is 12.9. The minimum absolute atomic E-state index is 0.00457. The molecular formula is C19H16O8. The molecule has 1 aromatic heterocycles.